The zero-order valence-electron chi connectivity index (χ0n) is 13.2. The van der Waals surface area contributed by atoms with E-state index in [4.69, 9.17) is 9.47 Å². The molecule has 23 heavy (non-hydrogen) atoms. The first-order valence-corrected chi connectivity index (χ1v) is 9.54. The number of hydrogen-bond acceptors (Lipinski definition) is 5. The van der Waals surface area contributed by atoms with Crippen molar-refractivity contribution in [1.82, 2.24) is 4.90 Å². The van der Waals surface area contributed by atoms with Gasteiger partial charge in [0.1, 0.15) is 19.0 Å². The Kier molecular flexibility index (Phi) is 4.48. The monoisotopic (exact) mass is 339 g/mol. The fourth-order valence-electron chi connectivity index (χ4n) is 3.01. The van der Waals surface area contributed by atoms with Gasteiger partial charge in [0, 0.05) is 18.7 Å². The Balaban J connectivity index is 1.77. The lowest BCUT2D eigenvalue weighted by molar-refractivity contribution is -0.131. The Morgan fingerprint density at radius 1 is 1.22 bits per heavy atom. The molecule has 126 valence electrons. The summed E-state index contributed by atoms with van der Waals surface area (Å²) < 4.78 is 35.9. The van der Waals surface area contributed by atoms with E-state index in [1.54, 1.807) is 11.0 Å². The fraction of sp³-hybridized carbons (Fsp3) is 0.562. The van der Waals surface area contributed by atoms with Crippen molar-refractivity contribution < 1.29 is 22.7 Å². The van der Waals surface area contributed by atoms with Gasteiger partial charge in [-0.25, -0.2) is 8.42 Å². The molecule has 7 heteroatoms. The molecule has 0 radical (unpaired) electrons. The average Bonchev–Trinajstić information content (AvgIpc) is 2.54. The van der Waals surface area contributed by atoms with Crippen LogP contribution in [-0.2, 0) is 14.6 Å². The van der Waals surface area contributed by atoms with Crippen molar-refractivity contribution in [3.63, 3.8) is 0 Å². The lowest BCUT2D eigenvalue weighted by Gasteiger charge is -2.33. The number of carbonyl (C=O) groups excluding carboxylic acids is 1. The van der Waals surface area contributed by atoms with Crippen molar-refractivity contribution in [3.8, 4) is 11.5 Å². The lowest BCUT2D eigenvalue weighted by atomic mass is 10.0. The summed E-state index contributed by atoms with van der Waals surface area (Å²) in [4.78, 5) is 14.2. The van der Waals surface area contributed by atoms with E-state index >= 15 is 0 Å². The first kappa shape index (κ1) is 16.1. The number of likely N-dealkylation sites (tertiary alicyclic amines) is 1. The molecule has 2 aliphatic rings. The minimum atomic E-state index is -3.69. The van der Waals surface area contributed by atoms with E-state index in [1.807, 2.05) is 6.92 Å². The van der Waals surface area contributed by atoms with Crippen LogP contribution in [0.3, 0.4) is 0 Å². The van der Waals surface area contributed by atoms with Gasteiger partial charge in [0.15, 0.2) is 21.3 Å². The first-order chi connectivity index (χ1) is 11.0. The van der Waals surface area contributed by atoms with Crippen molar-refractivity contribution in [2.45, 2.75) is 37.1 Å². The highest BCUT2D eigenvalue weighted by Crippen LogP contribution is 2.32. The maximum Gasteiger partial charge on any atom is 0.238 e. The molecule has 1 amide bonds. The predicted molar refractivity (Wildman–Crippen MR) is 84.5 cm³/mol. The molecular formula is C16H21NO5S. The van der Waals surface area contributed by atoms with Gasteiger partial charge in [0.05, 0.1) is 4.90 Å². The molecule has 0 spiro atoms. The molecule has 2 aliphatic heterocycles. The minimum Gasteiger partial charge on any atom is -0.486 e. The summed E-state index contributed by atoms with van der Waals surface area (Å²) in [5.74, 6) is 0.117. The van der Waals surface area contributed by atoms with Crippen LogP contribution < -0.4 is 9.47 Å². The van der Waals surface area contributed by atoms with Crippen molar-refractivity contribution in [1.29, 1.82) is 0 Å². The highest BCUT2D eigenvalue weighted by molar-refractivity contribution is 7.92. The number of rotatable bonds is 3. The van der Waals surface area contributed by atoms with Gasteiger partial charge in [-0.05, 0) is 38.3 Å². The van der Waals surface area contributed by atoms with Gasteiger partial charge < -0.3 is 14.4 Å². The van der Waals surface area contributed by atoms with Crippen LogP contribution >= 0.6 is 0 Å². The van der Waals surface area contributed by atoms with Gasteiger partial charge >= 0.3 is 0 Å². The van der Waals surface area contributed by atoms with Crippen LogP contribution in [0.4, 0.5) is 0 Å². The second-order valence-electron chi connectivity index (χ2n) is 6.00. The maximum absolute atomic E-state index is 12.5. The minimum absolute atomic E-state index is 0.0970. The van der Waals surface area contributed by atoms with E-state index in [0.29, 0.717) is 31.3 Å². The van der Waals surface area contributed by atoms with Crippen LogP contribution in [0.25, 0.3) is 0 Å². The molecule has 0 bridgehead atoms. The summed E-state index contributed by atoms with van der Waals surface area (Å²) in [6, 6.07) is 4.59. The standard InChI is InChI=1S/C16H21NO5S/c1-12-4-2-3-7-17(12)16(18)11-23(19,20)13-5-6-14-15(10-13)22-9-8-21-14/h5-6,10,12H,2-4,7-9,11H2,1H3/t12-/m1/s1. The van der Waals surface area contributed by atoms with Crippen LogP contribution in [0.5, 0.6) is 11.5 Å². The van der Waals surface area contributed by atoms with E-state index in [2.05, 4.69) is 0 Å². The molecule has 1 saturated heterocycles. The third-order valence-electron chi connectivity index (χ3n) is 4.31. The molecule has 1 aromatic rings. The van der Waals surface area contributed by atoms with Crippen LogP contribution in [0, 0.1) is 0 Å². The Bertz CT molecular complexity index is 700. The smallest absolute Gasteiger partial charge is 0.238 e. The molecule has 6 nitrogen and oxygen atoms in total. The summed E-state index contributed by atoms with van der Waals surface area (Å²) in [7, 11) is -3.69. The lowest BCUT2D eigenvalue weighted by Crippen LogP contribution is -2.44. The van der Waals surface area contributed by atoms with Crippen LogP contribution in [0.1, 0.15) is 26.2 Å². The van der Waals surface area contributed by atoms with E-state index in [-0.39, 0.29) is 16.8 Å². The topological polar surface area (TPSA) is 72.9 Å². The number of hydrogen-bond donors (Lipinski definition) is 0. The van der Waals surface area contributed by atoms with Gasteiger partial charge in [0.2, 0.25) is 5.91 Å². The van der Waals surface area contributed by atoms with Crippen LogP contribution in [0.2, 0.25) is 0 Å². The average molecular weight is 339 g/mol. The van der Waals surface area contributed by atoms with Gasteiger partial charge in [-0.3, -0.25) is 4.79 Å². The Hall–Kier alpha value is -1.76. The second kappa shape index (κ2) is 6.39. The maximum atomic E-state index is 12.5. The van der Waals surface area contributed by atoms with E-state index < -0.39 is 15.6 Å². The molecule has 0 unspecified atom stereocenters. The fourth-order valence-corrected chi connectivity index (χ4v) is 4.23. The van der Waals surface area contributed by atoms with Gasteiger partial charge in [-0.15, -0.1) is 0 Å². The largest absolute Gasteiger partial charge is 0.486 e. The SMILES string of the molecule is C[C@@H]1CCCCN1C(=O)CS(=O)(=O)c1ccc2c(c1)OCCO2. The molecule has 3 rings (SSSR count). The molecule has 0 saturated carbocycles. The predicted octanol–water partition coefficient (Wildman–Crippen LogP) is 1.63. The van der Waals surface area contributed by atoms with E-state index in [9.17, 15) is 13.2 Å². The number of fused-ring (bicyclic) bond motifs is 1. The molecule has 1 fully saturated rings. The zero-order valence-corrected chi connectivity index (χ0v) is 14.0. The van der Waals surface area contributed by atoms with Crippen molar-refractivity contribution in [3.05, 3.63) is 18.2 Å². The number of carbonyl (C=O) groups is 1. The number of nitrogens with zero attached hydrogens (tertiary/aromatic N) is 1. The molecule has 1 atom stereocenters. The van der Waals surface area contributed by atoms with Crippen LogP contribution in [-0.4, -0.2) is 50.8 Å². The van der Waals surface area contributed by atoms with E-state index in [0.717, 1.165) is 19.3 Å². The first-order valence-electron chi connectivity index (χ1n) is 7.89. The molecule has 0 aliphatic carbocycles. The third-order valence-corrected chi connectivity index (χ3v) is 5.91. The Morgan fingerprint density at radius 3 is 2.70 bits per heavy atom. The number of amides is 1. The van der Waals surface area contributed by atoms with Crippen molar-refractivity contribution in [2.75, 3.05) is 25.5 Å². The number of benzene rings is 1. The van der Waals surface area contributed by atoms with Gasteiger partial charge in [0.25, 0.3) is 0 Å². The summed E-state index contributed by atoms with van der Waals surface area (Å²) in [5, 5.41) is 0. The van der Waals surface area contributed by atoms with Crippen molar-refractivity contribution in [2.24, 2.45) is 0 Å². The number of ether oxygens (including phenoxy) is 2. The third kappa shape index (κ3) is 3.44. The number of piperidine rings is 1. The highest BCUT2D eigenvalue weighted by Gasteiger charge is 2.29. The van der Waals surface area contributed by atoms with Crippen LogP contribution in [0.15, 0.2) is 23.1 Å². The molecular weight excluding hydrogens is 318 g/mol. The molecule has 0 N–H and O–H groups in total. The summed E-state index contributed by atoms with van der Waals surface area (Å²) >= 11 is 0. The van der Waals surface area contributed by atoms with Crippen molar-refractivity contribution >= 4 is 15.7 Å². The number of sulfone groups is 1. The van der Waals surface area contributed by atoms with Gasteiger partial charge in [-0.1, -0.05) is 0 Å². The molecule has 0 aromatic heterocycles. The van der Waals surface area contributed by atoms with E-state index in [1.165, 1.54) is 12.1 Å². The second-order valence-corrected chi connectivity index (χ2v) is 7.99. The quantitative estimate of drug-likeness (QED) is 0.837. The normalized spacial score (nSPS) is 21.1. The Labute approximate surface area is 136 Å². The molecule has 2 heterocycles. The highest BCUT2D eigenvalue weighted by atomic mass is 32.2. The summed E-state index contributed by atoms with van der Waals surface area (Å²) in [5.41, 5.74) is 0. The van der Waals surface area contributed by atoms with Gasteiger partial charge in [-0.2, -0.15) is 0 Å². The summed E-state index contributed by atoms with van der Waals surface area (Å²) in [6.45, 7) is 3.44. The summed E-state index contributed by atoms with van der Waals surface area (Å²) in [6.07, 6.45) is 2.94. The molecule has 1 aromatic carbocycles. The Morgan fingerprint density at radius 2 is 1.96 bits per heavy atom. The zero-order chi connectivity index (χ0) is 16.4.